The number of aromatic nitrogens is 4. The number of hydrogen-bond donors (Lipinski definition) is 3. The number of imidazole rings is 1. The molecule has 3 aliphatic rings. The first kappa shape index (κ1) is 28.8. The van der Waals surface area contributed by atoms with E-state index in [9.17, 15) is 13.2 Å². The van der Waals surface area contributed by atoms with Crippen LogP contribution in [0.1, 0.15) is 80.6 Å². The number of ether oxygens (including phenoxy) is 1. The minimum Gasteiger partial charge on any atom is -0.465 e. The Hall–Kier alpha value is -3.29. The summed E-state index contributed by atoms with van der Waals surface area (Å²) in [5.41, 5.74) is 7.91. The van der Waals surface area contributed by atoms with Gasteiger partial charge in [0.25, 0.3) is 0 Å². The quantitative estimate of drug-likeness (QED) is 0.328. The molecule has 3 aromatic rings. The second-order valence-electron chi connectivity index (χ2n) is 11.8. The highest BCUT2D eigenvalue weighted by Crippen LogP contribution is 2.34. The number of nitrogens with one attached hydrogen (secondary N) is 2. The minimum absolute atomic E-state index is 0.0214. The highest BCUT2D eigenvalue weighted by Gasteiger charge is 2.31. The van der Waals surface area contributed by atoms with Crippen LogP contribution in [0.3, 0.4) is 0 Å². The van der Waals surface area contributed by atoms with Crippen molar-refractivity contribution in [3.05, 3.63) is 36.2 Å². The van der Waals surface area contributed by atoms with E-state index in [1.807, 2.05) is 6.33 Å². The van der Waals surface area contributed by atoms with Gasteiger partial charge in [-0.05, 0) is 69.6 Å². The lowest BCUT2D eigenvalue weighted by atomic mass is 9.92. The first-order valence-electron chi connectivity index (χ1n) is 15.0. The lowest BCUT2D eigenvalue weighted by molar-refractivity contribution is 0.0600. The predicted molar refractivity (Wildman–Crippen MR) is 160 cm³/mol. The molecule has 1 aliphatic heterocycles. The molecule has 6 rings (SSSR count). The molecule has 1 aromatic carbocycles. The summed E-state index contributed by atoms with van der Waals surface area (Å²) >= 11 is 0. The van der Waals surface area contributed by atoms with Crippen molar-refractivity contribution in [3.63, 3.8) is 0 Å². The molecule has 0 unspecified atom stereocenters. The summed E-state index contributed by atoms with van der Waals surface area (Å²) in [5.74, 6) is 0.706. The fourth-order valence-corrected chi connectivity index (χ4v) is 7.98. The number of esters is 1. The molecule has 0 amide bonds. The van der Waals surface area contributed by atoms with Gasteiger partial charge in [0, 0.05) is 37.3 Å². The fourth-order valence-electron chi connectivity index (χ4n) is 6.46. The van der Waals surface area contributed by atoms with Crippen molar-refractivity contribution in [2.24, 2.45) is 5.73 Å². The van der Waals surface area contributed by atoms with Gasteiger partial charge in [0.1, 0.15) is 0 Å². The first-order valence-corrected chi connectivity index (χ1v) is 16.5. The Labute approximate surface area is 246 Å². The summed E-state index contributed by atoms with van der Waals surface area (Å²) in [7, 11) is -2.48. The van der Waals surface area contributed by atoms with Crippen molar-refractivity contribution in [2.75, 3.05) is 30.8 Å². The van der Waals surface area contributed by atoms with Crippen LogP contribution in [0.15, 0.2) is 35.5 Å². The van der Waals surface area contributed by atoms with E-state index in [0.29, 0.717) is 43.7 Å². The minimum atomic E-state index is -3.75. The molecule has 2 aromatic heterocycles. The highest BCUT2D eigenvalue weighted by atomic mass is 32.2. The molecule has 0 bridgehead atoms. The summed E-state index contributed by atoms with van der Waals surface area (Å²) < 4.78 is 35.2. The third kappa shape index (κ3) is 5.95. The molecule has 4 N–H and O–H groups in total. The second kappa shape index (κ2) is 12.1. The second-order valence-corrected chi connectivity index (χ2v) is 13.7. The molecule has 0 radical (unpaired) electrons. The molecule has 3 heterocycles. The maximum atomic E-state index is 13.4. The van der Waals surface area contributed by atoms with Crippen LogP contribution in [0.2, 0.25) is 0 Å². The van der Waals surface area contributed by atoms with Crippen LogP contribution in [-0.2, 0) is 14.8 Å². The van der Waals surface area contributed by atoms with E-state index in [1.165, 1.54) is 36.4 Å². The van der Waals surface area contributed by atoms with Crippen molar-refractivity contribution in [1.82, 2.24) is 23.8 Å². The van der Waals surface area contributed by atoms with Crippen molar-refractivity contribution in [1.29, 1.82) is 0 Å². The number of hydrogen-bond acceptors (Lipinski definition) is 10. The third-order valence-electron chi connectivity index (χ3n) is 8.93. The zero-order chi connectivity index (χ0) is 29.3. The summed E-state index contributed by atoms with van der Waals surface area (Å²) in [6.45, 7) is 0.696. The van der Waals surface area contributed by atoms with E-state index in [4.69, 9.17) is 25.4 Å². The normalized spacial score (nSPS) is 22.8. The average molecular weight is 597 g/mol. The number of anilines is 2. The first-order chi connectivity index (χ1) is 20.3. The number of rotatable bonds is 8. The Morgan fingerprint density at radius 3 is 2.40 bits per heavy atom. The standard InChI is InChI=1S/C29H40N8O4S/c1-41-28(38)19-5-4-8-24(17-19)42(39,40)36-15-13-22(14-16-36)32-26-25-27(37(18-31-25)23-6-2-3-7-23)35-29(34-26)33-21-11-9-20(30)10-12-21/h4-5,8,17-18,20-23H,2-3,6-7,9-16,30H2,1H3,(H2,32,33,34,35). The van der Waals surface area contributed by atoms with Gasteiger partial charge in [-0.1, -0.05) is 18.9 Å². The van der Waals surface area contributed by atoms with Gasteiger partial charge >= 0.3 is 5.97 Å². The van der Waals surface area contributed by atoms with Crippen LogP contribution in [0, 0.1) is 0 Å². The number of carbonyl (C=O) groups is 1. The van der Waals surface area contributed by atoms with E-state index < -0.39 is 16.0 Å². The molecule has 12 nitrogen and oxygen atoms in total. The van der Waals surface area contributed by atoms with E-state index in [2.05, 4.69) is 15.2 Å². The maximum Gasteiger partial charge on any atom is 0.337 e. The molecular formula is C29H40N8O4S. The van der Waals surface area contributed by atoms with Gasteiger partial charge in [-0.15, -0.1) is 0 Å². The van der Waals surface area contributed by atoms with Gasteiger partial charge in [-0.25, -0.2) is 18.2 Å². The molecular weight excluding hydrogens is 556 g/mol. The predicted octanol–water partition coefficient (Wildman–Crippen LogP) is 3.68. The van der Waals surface area contributed by atoms with Crippen molar-refractivity contribution in [2.45, 2.75) is 93.3 Å². The molecule has 2 aliphatic carbocycles. The van der Waals surface area contributed by atoms with Gasteiger partial charge in [-0.3, -0.25) is 0 Å². The lowest BCUT2D eigenvalue weighted by Crippen LogP contribution is -2.42. The summed E-state index contributed by atoms with van der Waals surface area (Å²) in [6, 6.07) is 6.95. The SMILES string of the molecule is COC(=O)c1cccc(S(=O)(=O)N2CCC(Nc3nc(NC4CCC(N)CC4)nc4c3ncn4C3CCCC3)CC2)c1. The van der Waals surface area contributed by atoms with Gasteiger partial charge in [0.2, 0.25) is 16.0 Å². The van der Waals surface area contributed by atoms with Gasteiger partial charge < -0.3 is 25.7 Å². The van der Waals surface area contributed by atoms with Gasteiger partial charge in [0.05, 0.1) is 23.9 Å². The number of nitrogens with two attached hydrogens (primary N) is 1. The molecule has 0 atom stereocenters. The van der Waals surface area contributed by atoms with Crippen LogP contribution in [0.5, 0.6) is 0 Å². The zero-order valence-corrected chi connectivity index (χ0v) is 24.9. The monoisotopic (exact) mass is 596 g/mol. The molecule has 0 spiro atoms. The van der Waals surface area contributed by atoms with E-state index in [1.54, 1.807) is 12.1 Å². The number of fused-ring (bicyclic) bond motifs is 1. The van der Waals surface area contributed by atoms with Gasteiger partial charge in [-0.2, -0.15) is 14.3 Å². The van der Waals surface area contributed by atoms with Crippen molar-refractivity contribution in [3.8, 4) is 0 Å². The summed E-state index contributed by atoms with van der Waals surface area (Å²) in [5, 5.41) is 7.15. The lowest BCUT2D eigenvalue weighted by Gasteiger charge is -2.32. The van der Waals surface area contributed by atoms with Crippen LogP contribution >= 0.6 is 0 Å². The molecule has 1 saturated heterocycles. The van der Waals surface area contributed by atoms with Crippen molar-refractivity contribution < 1.29 is 17.9 Å². The summed E-state index contributed by atoms with van der Waals surface area (Å²) in [4.78, 5) is 26.6. The van der Waals surface area contributed by atoms with E-state index in [0.717, 1.165) is 49.7 Å². The maximum absolute atomic E-state index is 13.4. The van der Waals surface area contributed by atoms with Gasteiger partial charge in [0.15, 0.2) is 17.0 Å². The molecule has 226 valence electrons. The Morgan fingerprint density at radius 1 is 0.976 bits per heavy atom. The highest BCUT2D eigenvalue weighted by molar-refractivity contribution is 7.89. The number of piperidine rings is 1. The molecule has 3 fully saturated rings. The molecule has 42 heavy (non-hydrogen) atoms. The number of methoxy groups -OCH3 is 1. The van der Waals surface area contributed by atoms with E-state index >= 15 is 0 Å². The third-order valence-corrected chi connectivity index (χ3v) is 10.8. The number of nitrogens with zero attached hydrogens (tertiary/aromatic N) is 5. The Morgan fingerprint density at radius 2 is 1.69 bits per heavy atom. The number of benzene rings is 1. The zero-order valence-electron chi connectivity index (χ0n) is 24.0. The van der Waals surface area contributed by atoms with Crippen LogP contribution < -0.4 is 16.4 Å². The van der Waals surface area contributed by atoms with Crippen molar-refractivity contribution >= 4 is 38.9 Å². The van der Waals surface area contributed by atoms with Crippen LogP contribution in [0.25, 0.3) is 11.2 Å². The number of sulfonamides is 1. The molecule has 2 saturated carbocycles. The summed E-state index contributed by atoms with van der Waals surface area (Å²) in [6.07, 6.45) is 11.7. The Balaban J connectivity index is 1.19. The Kier molecular flexibility index (Phi) is 8.33. The topological polar surface area (TPSA) is 157 Å². The van der Waals surface area contributed by atoms with E-state index in [-0.39, 0.29) is 28.6 Å². The average Bonchev–Trinajstić information content (AvgIpc) is 3.69. The Bertz CT molecular complexity index is 1520. The molecule has 13 heteroatoms. The van der Waals surface area contributed by atoms with Crippen LogP contribution in [-0.4, -0.2) is 76.5 Å². The fraction of sp³-hybridized carbons (Fsp3) is 0.586. The van der Waals surface area contributed by atoms with Crippen LogP contribution in [0.4, 0.5) is 11.8 Å². The largest absolute Gasteiger partial charge is 0.465 e. The smallest absolute Gasteiger partial charge is 0.337 e. The number of carbonyl (C=O) groups excluding carboxylic acids is 1.